The van der Waals surface area contributed by atoms with Crippen molar-refractivity contribution in [3.05, 3.63) is 53.9 Å². The smallest absolute Gasteiger partial charge is 0.337 e. The quantitative estimate of drug-likeness (QED) is 0.341. The minimum atomic E-state index is -0.450. The van der Waals surface area contributed by atoms with Crippen molar-refractivity contribution in [3.8, 4) is 5.75 Å². The van der Waals surface area contributed by atoms with E-state index in [0.29, 0.717) is 29.3 Å². The van der Waals surface area contributed by atoms with Crippen LogP contribution in [-0.4, -0.2) is 69.6 Å². The number of oxime groups is 1. The molecule has 176 valence electrons. The predicted molar refractivity (Wildman–Crippen MR) is 122 cm³/mol. The van der Waals surface area contributed by atoms with Crippen molar-refractivity contribution >= 4 is 17.4 Å². The number of anilines is 1. The average Bonchev–Trinajstić information content (AvgIpc) is 2.90. The van der Waals surface area contributed by atoms with E-state index in [9.17, 15) is 4.79 Å². The Morgan fingerprint density at radius 1 is 1.15 bits per heavy atom. The molecule has 0 saturated carbocycles. The van der Waals surface area contributed by atoms with Crippen molar-refractivity contribution in [2.45, 2.75) is 25.6 Å². The first kappa shape index (κ1) is 23.0. The number of pyridine rings is 1. The molecule has 3 heterocycles. The van der Waals surface area contributed by atoms with Crippen LogP contribution in [0.25, 0.3) is 0 Å². The average molecular weight is 456 g/mol. The molecule has 0 radical (unpaired) electrons. The molecule has 0 aliphatic carbocycles. The van der Waals surface area contributed by atoms with Gasteiger partial charge < -0.3 is 28.7 Å². The van der Waals surface area contributed by atoms with Crippen LogP contribution in [-0.2, 0) is 19.0 Å². The van der Waals surface area contributed by atoms with Crippen molar-refractivity contribution in [2.24, 2.45) is 5.16 Å². The van der Waals surface area contributed by atoms with Crippen molar-refractivity contribution < 1.29 is 28.6 Å². The first-order valence-corrected chi connectivity index (χ1v) is 11.2. The fraction of sp³-hybridized carbons (Fsp3) is 0.458. The highest BCUT2D eigenvalue weighted by atomic mass is 16.8. The highest BCUT2D eigenvalue weighted by Gasteiger charge is 2.18. The molecule has 9 nitrogen and oxygen atoms in total. The number of nitrogens with zero attached hydrogens (tertiary/aromatic N) is 3. The van der Waals surface area contributed by atoms with E-state index in [0.717, 1.165) is 51.3 Å². The van der Waals surface area contributed by atoms with Crippen LogP contribution in [0.3, 0.4) is 0 Å². The third-order valence-corrected chi connectivity index (χ3v) is 5.48. The Bertz CT molecular complexity index is 937. The third-order valence-electron chi connectivity index (χ3n) is 5.48. The predicted octanol–water partition coefficient (Wildman–Crippen LogP) is 3.03. The van der Waals surface area contributed by atoms with Crippen LogP contribution in [0.2, 0.25) is 0 Å². The summed E-state index contributed by atoms with van der Waals surface area (Å²) < 4.78 is 21.8. The van der Waals surface area contributed by atoms with Crippen LogP contribution in [0.5, 0.6) is 5.75 Å². The van der Waals surface area contributed by atoms with E-state index in [1.54, 1.807) is 12.1 Å². The maximum absolute atomic E-state index is 12.0. The minimum absolute atomic E-state index is 0.112. The van der Waals surface area contributed by atoms with Gasteiger partial charge in [-0.05, 0) is 49.2 Å². The molecular weight excluding hydrogens is 426 g/mol. The fourth-order valence-electron chi connectivity index (χ4n) is 3.62. The monoisotopic (exact) mass is 455 g/mol. The molecule has 0 amide bonds. The summed E-state index contributed by atoms with van der Waals surface area (Å²) in [6, 6.07) is 11.1. The second kappa shape index (κ2) is 11.6. The lowest BCUT2D eigenvalue weighted by Crippen LogP contribution is -2.36. The number of carbonyl (C=O) groups is 1. The minimum Gasteiger partial charge on any atom is -0.487 e. The molecule has 33 heavy (non-hydrogen) atoms. The molecule has 0 N–H and O–H groups in total. The molecule has 2 aliphatic rings. The number of aromatic nitrogens is 1. The Morgan fingerprint density at radius 2 is 1.97 bits per heavy atom. The summed E-state index contributed by atoms with van der Waals surface area (Å²) in [5.41, 5.74) is 2.43. The lowest BCUT2D eigenvalue weighted by molar-refractivity contribution is -0.162. The van der Waals surface area contributed by atoms with Gasteiger partial charge in [-0.25, -0.2) is 4.79 Å². The van der Waals surface area contributed by atoms with Gasteiger partial charge in [-0.15, -0.1) is 0 Å². The summed E-state index contributed by atoms with van der Waals surface area (Å²) in [5, 5.41) is 4.28. The normalized spacial score (nSPS) is 19.1. The van der Waals surface area contributed by atoms with Crippen LogP contribution >= 0.6 is 0 Å². The first-order valence-electron chi connectivity index (χ1n) is 11.2. The summed E-state index contributed by atoms with van der Waals surface area (Å²) >= 11 is 0. The maximum atomic E-state index is 12.0. The van der Waals surface area contributed by atoms with Gasteiger partial charge >= 0.3 is 5.97 Å². The fourth-order valence-corrected chi connectivity index (χ4v) is 3.62. The largest absolute Gasteiger partial charge is 0.487 e. The molecular formula is C24H29N3O6. The lowest BCUT2D eigenvalue weighted by atomic mass is 10.2. The number of methoxy groups -OCH3 is 1. The van der Waals surface area contributed by atoms with Crippen LogP contribution < -0.4 is 9.64 Å². The zero-order valence-electron chi connectivity index (χ0n) is 18.8. The zero-order valence-corrected chi connectivity index (χ0v) is 18.8. The first-order chi connectivity index (χ1) is 16.2. The summed E-state index contributed by atoms with van der Waals surface area (Å²) in [5.74, 6) is 0.243. The SMILES string of the molecule is COC(=O)c1ccnc(/C(COc2ccc(N3CCOCC3)cc2)=N/OC2CCCCO2)c1. The Labute approximate surface area is 193 Å². The number of hydrogen-bond acceptors (Lipinski definition) is 9. The molecule has 0 spiro atoms. The van der Waals surface area contributed by atoms with Gasteiger partial charge in [0.25, 0.3) is 0 Å². The summed E-state index contributed by atoms with van der Waals surface area (Å²) in [6.45, 7) is 3.99. The van der Waals surface area contributed by atoms with Gasteiger partial charge in [0.15, 0.2) is 0 Å². The van der Waals surface area contributed by atoms with E-state index in [2.05, 4.69) is 15.0 Å². The maximum Gasteiger partial charge on any atom is 0.337 e. The van der Waals surface area contributed by atoms with Crippen LogP contribution in [0, 0.1) is 0 Å². The molecule has 1 atom stereocenters. The molecule has 2 fully saturated rings. The van der Waals surface area contributed by atoms with Crippen molar-refractivity contribution in [2.75, 3.05) is 51.5 Å². The Morgan fingerprint density at radius 3 is 2.70 bits per heavy atom. The van der Waals surface area contributed by atoms with Crippen molar-refractivity contribution in [1.82, 2.24) is 4.98 Å². The number of rotatable bonds is 8. The number of morpholine rings is 1. The Hall–Kier alpha value is -3.17. The van der Waals surface area contributed by atoms with Gasteiger partial charge in [0, 0.05) is 31.4 Å². The number of carbonyl (C=O) groups excluding carboxylic acids is 1. The summed E-state index contributed by atoms with van der Waals surface area (Å²) in [7, 11) is 1.34. The zero-order chi connectivity index (χ0) is 22.9. The summed E-state index contributed by atoms with van der Waals surface area (Å²) in [6.07, 6.45) is 3.95. The van der Waals surface area contributed by atoms with Crippen LogP contribution in [0.4, 0.5) is 5.69 Å². The third kappa shape index (κ3) is 6.43. The molecule has 2 aliphatic heterocycles. The second-order valence-electron chi connectivity index (χ2n) is 7.74. The highest BCUT2D eigenvalue weighted by molar-refractivity contribution is 6.01. The number of hydrogen-bond donors (Lipinski definition) is 0. The van der Waals surface area contributed by atoms with Gasteiger partial charge in [0.05, 0.1) is 38.2 Å². The molecule has 4 rings (SSSR count). The molecule has 0 bridgehead atoms. The van der Waals surface area contributed by atoms with Crippen LogP contribution in [0.1, 0.15) is 35.3 Å². The standard InChI is InChI=1S/C24H29N3O6/c1-29-24(28)18-9-10-25-21(16-18)22(26-33-23-4-2-3-13-31-23)17-32-20-7-5-19(6-8-20)27-11-14-30-15-12-27/h5-10,16,23H,2-4,11-15,17H2,1H3/b26-22+. The molecule has 1 unspecified atom stereocenters. The van der Waals surface area contributed by atoms with Gasteiger partial charge in [-0.3, -0.25) is 4.98 Å². The molecule has 9 heteroatoms. The molecule has 1 aromatic heterocycles. The number of benzene rings is 1. The van der Waals surface area contributed by atoms with E-state index in [1.807, 2.05) is 24.3 Å². The van der Waals surface area contributed by atoms with E-state index in [-0.39, 0.29) is 6.61 Å². The van der Waals surface area contributed by atoms with Crippen molar-refractivity contribution in [1.29, 1.82) is 0 Å². The van der Waals surface area contributed by atoms with E-state index >= 15 is 0 Å². The highest BCUT2D eigenvalue weighted by Crippen LogP contribution is 2.21. The van der Waals surface area contributed by atoms with E-state index in [4.69, 9.17) is 23.8 Å². The van der Waals surface area contributed by atoms with Crippen LogP contribution in [0.15, 0.2) is 47.8 Å². The van der Waals surface area contributed by atoms with E-state index < -0.39 is 12.3 Å². The summed E-state index contributed by atoms with van der Waals surface area (Å²) in [4.78, 5) is 24.2. The molecule has 2 aromatic rings. The van der Waals surface area contributed by atoms with Crippen molar-refractivity contribution in [3.63, 3.8) is 0 Å². The Balaban J connectivity index is 1.46. The number of esters is 1. The molecule has 1 aromatic carbocycles. The lowest BCUT2D eigenvalue weighted by Gasteiger charge is -2.28. The van der Waals surface area contributed by atoms with E-state index in [1.165, 1.54) is 13.3 Å². The van der Waals surface area contributed by atoms with Gasteiger partial charge in [0.1, 0.15) is 18.1 Å². The second-order valence-corrected chi connectivity index (χ2v) is 7.74. The molecule has 2 saturated heterocycles. The van der Waals surface area contributed by atoms with Gasteiger partial charge in [-0.1, -0.05) is 5.16 Å². The van der Waals surface area contributed by atoms with Gasteiger partial charge in [-0.2, -0.15) is 0 Å². The topological polar surface area (TPSA) is 91.7 Å². The Kier molecular flexibility index (Phi) is 8.10. The van der Waals surface area contributed by atoms with Gasteiger partial charge in [0.2, 0.25) is 6.29 Å². The number of ether oxygens (including phenoxy) is 4.